The molecule has 1 aromatic carbocycles. The van der Waals surface area contributed by atoms with Crippen LogP contribution in [0.1, 0.15) is 16.1 Å². The van der Waals surface area contributed by atoms with Crippen LogP contribution in [0.4, 0.5) is 0 Å². The Labute approximate surface area is 162 Å². The Kier molecular flexibility index (Phi) is 5.69. The largest absolute Gasteiger partial charge is 0.493 e. The molecule has 2 heterocycles. The van der Waals surface area contributed by atoms with Crippen molar-refractivity contribution in [2.45, 2.75) is 0 Å². The summed E-state index contributed by atoms with van der Waals surface area (Å²) >= 11 is 4.96. The van der Waals surface area contributed by atoms with Crippen LogP contribution in [0.25, 0.3) is 10.6 Å². The van der Waals surface area contributed by atoms with Gasteiger partial charge in [0.05, 0.1) is 34.8 Å². The van der Waals surface area contributed by atoms with Crippen LogP contribution < -0.4 is 14.9 Å². The maximum Gasteiger partial charge on any atom is 0.291 e. The molecule has 2 aromatic heterocycles. The fraction of sp³-hybridized carbons (Fsp3) is 0.118. The van der Waals surface area contributed by atoms with Gasteiger partial charge in [-0.1, -0.05) is 0 Å². The van der Waals surface area contributed by atoms with Gasteiger partial charge in [0, 0.05) is 0 Å². The van der Waals surface area contributed by atoms with Crippen LogP contribution in [0.5, 0.6) is 11.5 Å². The molecule has 3 rings (SSSR count). The van der Waals surface area contributed by atoms with E-state index in [0.717, 1.165) is 19.9 Å². The number of aromatic amines is 1. The lowest BCUT2D eigenvalue weighted by molar-refractivity contribution is 0.0950. The summed E-state index contributed by atoms with van der Waals surface area (Å²) in [5.41, 5.74) is 4.24. The van der Waals surface area contributed by atoms with Gasteiger partial charge in [0.15, 0.2) is 17.2 Å². The highest BCUT2D eigenvalue weighted by Crippen LogP contribution is 2.30. The van der Waals surface area contributed by atoms with Crippen molar-refractivity contribution < 1.29 is 14.3 Å². The van der Waals surface area contributed by atoms with Crippen LogP contribution in [-0.2, 0) is 0 Å². The highest BCUT2D eigenvalue weighted by Gasteiger charge is 2.12. The van der Waals surface area contributed by atoms with Gasteiger partial charge in [0.25, 0.3) is 5.91 Å². The molecule has 0 aliphatic carbocycles. The molecule has 0 saturated heterocycles. The van der Waals surface area contributed by atoms with Gasteiger partial charge >= 0.3 is 0 Å². The maximum absolute atomic E-state index is 12.2. The molecule has 0 bridgehead atoms. The first-order valence-electron chi connectivity index (χ1n) is 7.47. The van der Waals surface area contributed by atoms with E-state index in [1.165, 1.54) is 6.21 Å². The van der Waals surface area contributed by atoms with E-state index in [0.29, 0.717) is 11.5 Å². The average molecular weight is 435 g/mol. The third kappa shape index (κ3) is 4.12. The summed E-state index contributed by atoms with van der Waals surface area (Å²) in [7, 11) is 3.13. The SMILES string of the molecule is COc1ccc(/C=N/NC(=O)c2cc(-c3ccc(Br)s3)[nH]n2)cc1OC. The zero-order chi connectivity index (χ0) is 18.5. The van der Waals surface area contributed by atoms with E-state index < -0.39 is 5.91 Å². The second kappa shape index (κ2) is 8.15. The lowest BCUT2D eigenvalue weighted by atomic mass is 10.2. The molecule has 7 nitrogen and oxygen atoms in total. The molecule has 0 fully saturated rings. The molecule has 26 heavy (non-hydrogen) atoms. The number of benzene rings is 1. The molecule has 0 spiro atoms. The fourth-order valence-electron chi connectivity index (χ4n) is 2.18. The molecular formula is C17H15BrN4O3S. The molecule has 0 aliphatic rings. The van der Waals surface area contributed by atoms with Crippen molar-refractivity contribution in [2.24, 2.45) is 5.10 Å². The number of hydrogen-bond donors (Lipinski definition) is 2. The Morgan fingerprint density at radius 2 is 2.04 bits per heavy atom. The minimum Gasteiger partial charge on any atom is -0.493 e. The standard InChI is InChI=1S/C17H15BrN4O3S/c1-24-13-4-3-10(7-14(13)25-2)9-19-22-17(23)12-8-11(20-21-12)15-5-6-16(18)26-15/h3-9H,1-2H3,(H,20,21)(H,22,23)/b19-9+. The number of carbonyl (C=O) groups is 1. The van der Waals surface area contributed by atoms with Gasteiger partial charge in [-0.15, -0.1) is 11.3 Å². The quantitative estimate of drug-likeness (QED) is 0.457. The smallest absolute Gasteiger partial charge is 0.291 e. The first-order valence-corrected chi connectivity index (χ1v) is 9.08. The van der Waals surface area contributed by atoms with Crippen molar-refractivity contribution in [3.63, 3.8) is 0 Å². The van der Waals surface area contributed by atoms with Crippen molar-refractivity contribution in [1.29, 1.82) is 0 Å². The summed E-state index contributed by atoms with van der Waals surface area (Å²) in [6.07, 6.45) is 1.52. The average Bonchev–Trinajstić information content (AvgIpc) is 3.30. The summed E-state index contributed by atoms with van der Waals surface area (Å²) in [6.45, 7) is 0. The number of ether oxygens (including phenoxy) is 2. The van der Waals surface area contributed by atoms with Crippen molar-refractivity contribution in [2.75, 3.05) is 14.2 Å². The number of hydrogen-bond acceptors (Lipinski definition) is 6. The van der Waals surface area contributed by atoms with Crippen LogP contribution in [0.3, 0.4) is 0 Å². The van der Waals surface area contributed by atoms with Gasteiger partial charge in [0.1, 0.15) is 0 Å². The first kappa shape index (κ1) is 18.2. The van der Waals surface area contributed by atoms with E-state index in [1.54, 1.807) is 49.8 Å². The third-order valence-corrected chi connectivity index (χ3v) is 5.09. The van der Waals surface area contributed by atoms with E-state index in [2.05, 4.69) is 36.7 Å². The van der Waals surface area contributed by atoms with E-state index in [9.17, 15) is 4.79 Å². The number of aromatic nitrogens is 2. The molecule has 2 N–H and O–H groups in total. The Bertz CT molecular complexity index is 951. The van der Waals surface area contributed by atoms with Crippen LogP contribution >= 0.6 is 27.3 Å². The summed E-state index contributed by atoms with van der Waals surface area (Å²) in [5, 5.41) is 10.8. The van der Waals surface area contributed by atoms with Crippen molar-refractivity contribution in [3.8, 4) is 22.1 Å². The number of hydrazone groups is 1. The van der Waals surface area contributed by atoms with E-state index in [-0.39, 0.29) is 5.69 Å². The highest BCUT2D eigenvalue weighted by molar-refractivity contribution is 9.11. The third-order valence-electron chi connectivity index (χ3n) is 3.44. The van der Waals surface area contributed by atoms with E-state index in [1.807, 2.05) is 12.1 Å². The summed E-state index contributed by atoms with van der Waals surface area (Å²) in [5.74, 6) is 0.805. The van der Waals surface area contributed by atoms with Gasteiger partial charge in [-0.2, -0.15) is 10.2 Å². The molecule has 0 unspecified atom stereocenters. The van der Waals surface area contributed by atoms with Crippen LogP contribution in [-0.4, -0.2) is 36.5 Å². The number of rotatable bonds is 6. The Balaban J connectivity index is 1.65. The van der Waals surface area contributed by atoms with Gasteiger partial charge in [0.2, 0.25) is 0 Å². The van der Waals surface area contributed by atoms with Gasteiger partial charge in [-0.05, 0) is 57.9 Å². The molecule has 0 radical (unpaired) electrons. The number of halogens is 1. The molecule has 9 heteroatoms. The molecule has 0 atom stereocenters. The Morgan fingerprint density at radius 3 is 2.73 bits per heavy atom. The molecule has 0 saturated carbocycles. The predicted octanol–water partition coefficient (Wildman–Crippen LogP) is 3.68. The van der Waals surface area contributed by atoms with Gasteiger partial charge < -0.3 is 9.47 Å². The maximum atomic E-state index is 12.2. The summed E-state index contributed by atoms with van der Waals surface area (Å²) in [4.78, 5) is 13.1. The number of carbonyl (C=O) groups excluding carboxylic acids is 1. The normalized spacial score (nSPS) is 10.9. The van der Waals surface area contributed by atoms with Gasteiger partial charge in [-0.25, -0.2) is 5.43 Å². The molecule has 0 aliphatic heterocycles. The van der Waals surface area contributed by atoms with Crippen molar-refractivity contribution in [1.82, 2.24) is 15.6 Å². The molecular weight excluding hydrogens is 420 g/mol. The van der Waals surface area contributed by atoms with Crippen molar-refractivity contribution in [3.05, 3.63) is 51.4 Å². The molecule has 1 amide bonds. The topological polar surface area (TPSA) is 88.6 Å². The minimum atomic E-state index is -0.403. The minimum absolute atomic E-state index is 0.258. The van der Waals surface area contributed by atoms with Crippen molar-refractivity contribution >= 4 is 39.4 Å². The van der Waals surface area contributed by atoms with Crippen LogP contribution in [0.2, 0.25) is 0 Å². The monoisotopic (exact) mass is 434 g/mol. The second-order valence-electron chi connectivity index (χ2n) is 5.08. The van der Waals surface area contributed by atoms with E-state index in [4.69, 9.17) is 9.47 Å². The number of nitrogens with one attached hydrogen (secondary N) is 2. The van der Waals surface area contributed by atoms with Crippen LogP contribution in [0.15, 0.2) is 45.3 Å². The van der Waals surface area contributed by atoms with E-state index >= 15 is 0 Å². The highest BCUT2D eigenvalue weighted by atomic mass is 79.9. The number of nitrogens with zero attached hydrogens (tertiary/aromatic N) is 2. The Morgan fingerprint density at radius 1 is 1.23 bits per heavy atom. The summed E-state index contributed by atoms with van der Waals surface area (Å²) < 4.78 is 11.4. The number of thiophene rings is 1. The van der Waals surface area contributed by atoms with Crippen LogP contribution in [0, 0.1) is 0 Å². The Hall–Kier alpha value is -2.65. The number of amides is 1. The zero-order valence-corrected chi connectivity index (χ0v) is 16.3. The number of methoxy groups -OCH3 is 2. The lowest BCUT2D eigenvalue weighted by Gasteiger charge is -2.07. The summed E-state index contributed by atoms with van der Waals surface area (Å²) in [6, 6.07) is 10.9. The number of H-pyrrole nitrogens is 1. The predicted molar refractivity (Wildman–Crippen MR) is 104 cm³/mol. The zero-order valence-electron chi connectivity index (χ0n) is 13.9. The molecule has 3 aromatic rings. The first-order chi connectivity index (χ1) is 12.6. The van der Waals surface area contributed by atoms with Gasteiger partial charge in [-0.3, -0.25) is 9.89 Å². The lowest BCUT2D eigenvalue weighted by Crippen LogP contribution is -2.18. The second-order valence-corrected chi connectivity index (χ2v) is 7.55. The fourth-order valence-corrected chi connectivity index (χ4v) is 3.53. The molecule has 134 valence electrons.